The molecular weight excluding hydrogens is 229 g/mol. The van der Waals surface area contributed by atoms with E-state index in [1.54, 1.807) is 12.1 Å². The SMILES string of the molecule is Fc1ccccc1-c1cccc2c1OCCNC2. The molecule has 0 saturated carbocycles. The molecular formula is C15H14FNO. The molecule has 0 spiro atoms. The van der Waals surface area contributed by atoms with Gasteiger partial charge in [-0.1, -0.05) is 36.4 Å². The van der Waals surface area contributed by atoms with Gasteiger partial charge in [-0.25, -0.2) is 4.39 Å². The van der Waals surface area contributed by atoms with Crippen molar-refractivity contribution in [3.8, 4) is 16.9 Å². The van der Waals surface area contributed by atoms with Crippen molar-refractivity contribution in [3.63, 3.8) is 0 Å². The van der Waals surface area contributed by atoms with Crippen LogP contribution >= 0.6 is 0 Å². The fourth-order valence-electron chi connectivity index (χ4n) is 2.23. The molecule has 2 aromatic carbocycles. The summed E-state index contributed by atoms with van der Waals surface area (Å²) in [5, 5.41) is 3.28. The van der Waals surface area contributed by atoms with Crippen molar-refractivity contribution in [2.24, 2.45) is 0 Å². The minimum Gasteiger partial charge on any atom is -0.491 e. The molecule has 1 aliphatic rings. The van der Waals surface area contributed by atoms with E-state index < -0.39 is 0 Å². The molecule has 1 N–H and O–H groups in total. The van der Waals surface area contributed by atoms with Gasteiger partial charge in [-0.2, -0.15) is 0 Å². The number of hydrogen-bond donors (Lipinski definition) is 1. The predicted molar refractivity (Wildman–Crippen MR) is 69.0 cm³/mol. The van der Waals surface area contributed by atoms with E-state index in [2.05, 4.69) is 5.32 Å². The van der Waals surface area contributed by atoms with Crippen LogP contribution in [0.2, 0.25) is 0 Å². The Balaban J connectivity index is 2.16. The predicted octanol–water partition coefficient (Wildman–Crippen LogP) is 2.97. The van der Waals surface area contributed by atoms with E-state index >= 15 is 0 Å². The first kappa shape index (κ1) is 11.2. The van der Waals surface area contributed by atoms with Crippen LogP contribution in [0.15, 0.2) is 42.5 Å². The number of halogens is 1. The van der Waals surface area contributed by atoms with E-state index in [1.165, 1.54) is 6.07 Å². The van der Waals surface area contributed by atoms with Gasteiger partial charge in [0.15, 0.2) is 0 Å². The lowest BCUT2D eigenvalue weighted by Gasteiger charge is -2.13. The van der Waals surface area contributed by atoms with Crippen molar-refractivity contribution >= 4 is 0 Å². The number of ether oxygens (including phenoxy) is 1. The van der Waals surface area contributed by atoms with Gasteiger partial charge in [0.05, 0.1) is 0 Å². The maximum atomic E-state index is 13.9. The minimum absolute atomic E-state index is 0.216. The fraction of sp³-hybridized carbons (Fsp3) is 0.200. The van der Waals surface area contributed by atoms with Crippen molar-refractivity contribution in [3.05, 3.63) is 53.8 Å². The van der Waals surface area contributed by atoms with Crippen molar-refractivity contribution in [2.45, 2.75) is 6.54 Å². The Labute approximate surface area is 105 Å². The maximum Gasteiger partial charge on any atom is 0.131 e. The molecule has 92 valence electrons. The second-order valence-electron chi connectivity index (χ2n) is 4.30. The Morgan fingerprint density at radius 3 is 2.72 bits per heavy atom. The van der Waals surface area contributed by atoms with Gasteiger partial charge in [-0.3, -0.25) is 0 Å². The molecule has 3 rings (SSSR count). The van der Waals surface area contributed by atoms with Gasteiger partial charge in [0.1, 0.15) is 18.2 Å². The summed E-state index contributed by atoms with van der Waals surface area (Å²) in [5.74, 6) is 0.583. The molecule has 0 unspecified atom stereocenters. The number of benzene rings is 2. The number of hydrogen-bond acceptors (Lipinski definition) is 2. The second kappa shape index (κ2) is 4.78. The largest absolute Gasteiger partial charge is 0.491 e. The van der Waals surface area contributed by atoms with E-state index in [9.17, 15) is 4.39 Å². The van der Waals surface area contributed by atoms with Gasteiger partial charge in [-0.05, 0) is 6.07 Å². The summed E-state index contributed by atoms with van der Waals surface area (Å²) in [6, 6.07) is 12.7. The first-order valence-electron chi connectivity index (χ1n) is 6.06. The smallest absolute Gasteiger partial charge is 0.131 e. The summed E-state index contributed by atoms with van der Waals surface area (Å²) in [6.45, 7) is 2.18. The van der Waals surface area contributed by atoms with Crippen LogP contribution in [-0.2, 0) is 6.54 Å². The van der Waals surface area contributed by atoms with Crippen LogP contribution in [0.5, 0.6) is 5.75 Å². The molecule has 0 aromatic heterocycles. The molecule has 18 heavy (non-hydrogen) atoms. The standard InChI is InChI=1S/C15H14FNO/c16-14-7-2-1-5-12(14)13-6-3-4-11-10-17-8-9-18-15(11)13/h1-7,17H,8-10H2. The summed E-state index contributed by atoms with van der Waals surface area (Å²) in [5.41, 5.74) is 2.50. The highest BCUT2D eigenvalue weighted by atomic mass is 19.1. The van der Waals surface area contributed by atoms with Gasteiger partial charge < -0.3 is 10.1 Å². The minimum atomic E-state index is -0.216. The van der Waals surface area contributed by atoms with E-state index in [-0.39, 0.29) is 5.82 Å². The van der Waals surface area contributed by atoms with Gasteiger partial charge in [-0.15, -0.1) is 0 Å². The van der Waals surface area contributed by atoms with Gasteiger partial charge >= 0.3 is 0 Å². The number of fused-ring (bicyclic) bond motifs is 1. The highest BCUT2D eigenvalue weighted by molar-refractivity contribution is 5.72. The molecule has 2 aromatic rings. The van der Waals surface area contributed by atoms with Gasteiger partial charge in [0, 0.05) is 29.8 Å². The summed E-state index contributed by atoms with van der Waals surface area (Å²) in [4.78, 5) is 0. The summed E-state index contributed by atoms with van der Waals surface area (Å²) in [6.07, 6.45) is 0. The lowest BCUT2D eigenvalue weighted by Crippen LogP contribution is -2.16. The summed E-state index contributed by atoms with van der Waals surface area (Å²) in [7, 11) is 0. The summed E-state index contributed by atoms with van der Waals surface area (Å²) >= 11 is 0. The Hall–Kier alpha value is -1.87. The van der Waals surface area contributed by atoms with E-state index in [4.69, 9.17) is 4.74 Å². The molecule has 0 amide bonds. The fourth-order valence-corrected chi connectivity index (χ4v) is 2.23. The van der Waals surface area contributed by atoms with Crippen LogP contribution in [0.25, 0.3) is 11.1 Å². The first-order chi connectivity index (χ1) is 8.86. The van der Waals surface area contributed by atoms with E-state index in [0.717, 1.165) is 30.0 Å². The Kier molecular flexibility index (Phi) is 2.99. The Bertz CT molecular complexity index is 568. The third-order valence-corrected chi connectivity index (χ3v) is 3.10. The highest BCUT2D eigenvalue weighted by Gasteiger charge is 2.15. The molecule has 0 bridgehead atoms. The van der Waals surface area contributed by atoms with Gasteiger partial charge in [0.2, 0.25) is 0 Å². The van der Waals surface area contributed by atoms with Crippen LogP contribution in [-0.4, -0.2) is 13.2 Å². The first-order valence-corrected chi connectivity index (χ1v) is 6.06. The molecule has 1 heterocycles. The monoisotopic (exact) mass is 243 g/mol. The molecule has 0 fully saturated rings. The highest BCUT2D eigenvalue weighted by Crippen LogP contribution is 2.35. The number of para-hydroxylation sites is 1. The normalized spacial score (nSPS) is 14.5. The molecule has 0 saturated heterocycles. The summed E-state index contributed by atoms with van der Waals surface area (Å²) < 4.78 is 19.6. The van der Waals surface area contributed by atoms with Crippen LogP contribution in [0.4, 0.5) is 4.39 Å². The Morgan fingerprint density at radius 2 is 1.83 bits per heavy atom. The molecule has 0 atom stereocenters. The van der Waals surface area contributed by atoms with Crippen LogP contribution < -0.4 is 10.1 Å². The zero-order chi connectivity index (χ0) is 12.4. The van der Waals surface area contributed by atoms with Crippen LogP contribution in [0.3, 0.4) is 0 Å². The van der Waals surface area contributed by atoms with Crippen LogP contribution in [0.1, 0.15) is 5.56 Å². The zero-order valence-electron chi connectivity index (χ0n) is 9.95. The lowest BCUT2D eigenvalue weighted by molar-refractivity contribution is 0.327. The molecule has 2 nitrogen and oxygen atoms in total. The molecule has 1 aliphatic heterocycles. The maximum absolute atomic E-state index is 13.9. The topological polar surface area (TPSA) is 21.3 Å². The molecule has 3 heteroatoms. The second-order valence-corrected chi connectivity index (χ2v) is 4.30. The van der Waals surface area contributed by atoms with Crippen molar-refractivity contribution in [1.29, 1.82) is 0 Å². The van der Waals surface area contributed by atoms with Crippen LogP contribution in [0, 0.1) is 5.82 Å². The van der Waals surface area contributed by atoms with Crippen molar-refractivity contribution < 1.29 is 9.13 Å². The van der Waals surface area contributed by atoms with E-state index in [1.807, 2.05) is 24.3 Å². The number of rotatable bonds is 1. The third kappa shape index (κ3) is 1.97. The molecule has 0 aliphatic carbocycles. The average molecular weight is 243 g/mol. The average Bonchev–Trinajstić information content (AvgIpc) is 2.64. The number of nitrogens with one attached hydrogen (secondary N) is 1. The van der Waals surface area contributed by atoms with Gasteiger partial charge in [0.25, 0.3) is 0 Å². The van der Waals surface area contributed by atoms with Crippen molar-refractivity contribution in [1.82, 2.24) is 5.32 Å². The quantitative estimate of drug-likeness (QED) is 0.831. The molecule has 0 radical (unpaired) electrons. The lowest BCUT2D eigenvalue weighted by atomic mass is 10.0. The Morgan fingerprint density at radius 1 is 1.00 bits per heavy atom. The van der Waals surface area contributed by atoms with Crippen molar-refractivity contribution in [2.75, 3.05) is 13.2 Å². The van der Waals surface area contributed by atoms with E-state index in [0.29, 0.717) is 12.2 Å². The third-order valence-electron chi connectivity index (χ3n) is 3.10. The zero-order valence-corrected chi connectivity index (χ0v) is 9.95.